The van der Waals surface area contributed by atoms with Gasteiger partial charge in [0.15, 0.2) is 17.5 Å². The number of nitrogens with zero attached hydrogens (tertiary/aromatic N) is 5. The SMILES string of the molecule is C=C(CCC(=C)n1c2ccccc2c2c(-c3cccc(-c4nc(-c5ccccc5)nc(-c5ccccc5)n4)c3)cccc21)C(=C)CCc1cc2ccccc2n1C1=CC=CCC1. The molecule has 6 aromatic carbocycles. The summed E-state index contributed by atoms with van der Waals surface area (Å²) in [7, 11) is 0. The van der Waals surface area contributed by atoms with Crippen molar-refractivity contribution >= 4 is 44.1 Å². The monoisotopic (exact) mass is 801 g/mol. The fourth-order valence-corrected chi connectivity index (χ4v) is 8.91. The molecule has 10 rings (SSSR count). The topological polar surface area (TPSA) is 48.5 Å². The minimum absolute atomic E-state index is 0.630. The molecule has 0 amide bonds. The van der Waals surface area contributed by atoms with E-state index in [1.54, 1.807) is 0 Å². The number of hydrogen-bond donors (Lipinski definition) is 0. The van der Waals surface area contributed by atoms with Crippen molar-refractivity contribution in [2.75, 3.05) is 0 Å². The molecule has 1 aliphatic rings. The van der Waals surface area contributed by atoms with Crippen molar-refractivity contribution in [3.8, 4) is 45.3 Å². The predicted molar refractivity (Wildman–Crippen MR) is 260 cm³/mol. The summed E-state index contributed by atoms with van der Waals surface area (Å²) >= 11 is 0. The van der Waals surface area contributed by atoms with Crippen molar-refractivity contribution in [3.05, 3.63) is 213 Å². The highest BCUT2D eigenvalue weighted by Crippen LogP contribution is 2.40. The molecular weight excluding hydrogens is 755 g/mol. The quantitative estimate of drug-likeness (QED) is 0.109. The third-order valence-electron chi connectivity index (χ3n) is 12.1. The Morgan fingerprint density at radius 2 is 1.13 bits per heavy atom. The van der Waals surface area contributed by atoms with E-state index in [4.69, 9.17) is 15.0 Å². The van der Waals surface area contributed by atoms with Crippen LogP contribution in [0.3, 0.4) is 0 Å². The summed E-state index contributed by atoms with van der Waals surface area (Å²) in [5.41, 5.74) is 14.5. The average molecular weight is 802 g/mol. The molecule has 9 aromatic rings. The Labute approximate surface area is 363 Å². The Morgan fingerprint density at radius 3 is 1.85 bits per heavy atom. The molecule has 0 unspecified atom stereocenters. The van der Waals surface area contributed by atoms with Crippen molar-refractivity contribution in [1.82, 2.24) is 24.1 Å². The van der Waals surface area contributed by atoms with Crippen LogP contribution in [-0.4, -0.2) is 24.1 Å². The molecule has 3 heterocycles. The van der Waals surface area contributed by atoms with E-state index in [9.17, 15) is 0 Å². The molecule has 1 aliphatic carbocycles. The second-order valence-corrected chi connectivity index (χ2v) is 16.1. The first-order valence-electron chi connectivity index (χ1n) is 21.5. The van der Waals surface area contributed by atoms with Crippen LogP contribution < -0.4 is 0 Å². The number of para-hydroxylation sites is 2. The van der Waals surface area contributed by atoms with Crippen LogP contribution in [0.15, 0.2) is 207 Å². The summed E-state index contributed by atoms with van der Waals surface area (Å²) in [5.74, 6) is 1.92. The van der Waals surface area contributed by atoms with Gasteiger partial charge < -0.3 is 9.13 Å². The van der Waals surface area contributed by atoms with Crippen molar-refractivity contribution in [1.29, 1.82) is 0 Å². The van der Waals surface area contributed by atoms with Crippen LogP contribution in [0.25, 0.3) is 89.4 Å². The number of fused-ring (bicyclic) bond motifs is 4. The van der Waals surface area contributed by atoms with Gasteiger partial charge in [-0.25, -0.2) is 15.0 Å². The van der Waals surface area contributed by atoms with Crippen LogP contribution in [0.4, 0.5) is 0 Å². The Bertz CT molecular complexity index is 3170. The van der Waals surface area contributed by atoms with Gasteiger partial charge in [-0.3, -0.25) is 0 Å². The minimum Gasteiger partial charge on any atom is -0.317 e. The van der Waals surface area contributed by atoms with Crippen LogP contribution in [0.1, 0.15) is 37.8 Å². The molecule has 3 aromatic heterocycles. The first-order chi connectivity index (χ1) is 30.5. The third-order valence-corrected chi connectivity index (χ3v) is 12.1. The number of aryl methyl sites for hydroxylation is 1. The molecule has 0 radical (unpaired) electrons. The second-order valence-electron chi connectivity index (χ2n) is 16.1. The molecule has 0 N–H and O–H groups in total. The van der Waals surface area contributed by atoms with Gasteiger partial charge in [-0.1, -0.05) is 170 Å². The summed E-state index contributed by atoms with van der Waals surface area (Å²) in [6.07, 6.45) is 12.1. The fourth-order valence-electron chi connectivity index (χ4n) is 8.91. The van der Waals surface area contributed by atoms with Gasteiger partial charge >= 0.3 is 0 Å². The summed E-state index contributed by atoms with van der Waals surface area (Å²) in [6.45, 7) is 13.8. The van der Waals surface area contributed by atoms with Gasteiger partial charge in [0.1, 0.15) is 0 Å². The zero-order valence-corrected chi connectivity index (χ0v) is 34.8. The molecular formula is C57H47N5. The lowest BCUT2D eigenvalue weighted by Crippen LogP contribution is -2.04. The van der Waals surface area contributed by atoms with E-state index in [1.807, 2.05) is 60.7 Å². The lowest BCUT2D eigenvalue weighted by molar-refractivity contribution is 0.842. The van der Waals surface area contributed by atoms with Crippen molar-refractivity contribution < 1.29 is 0 Å². The normalized spacial score (nSPS) is 12.5. The molecule has 300 valence electrons. The molecule has 0 saturated heterocycles. The number of rotatable bonds is 13. The fraction of sp³-hybridized carbons (Fsp3) is 0.105. The Balaban J connectivity index is 0.925. The highest BCUT2D eigenvalue weighted by molar-refractivity contribution is 6.16. The largest absolute Gasteiger partial charge is 0.317 e. The van der Waals surface area contributed by atoms with Crippen LogP contribution in [0, 0.1) is 0 Å². The second kappa shape index (κ2) is 16.8. The molecule has 5 nitrogen and oxygen atoms in total. The first-order valence-corrected chi connectivity index (χ1v) is 21.5. The molecule has 0 fully saturated rings. The van der Waals surface area contributed by atoms with Gasteiger partial charge in [0.2, 0.25) is 0 Å². The van der Waals surface area contributed by atoms with E-state index < -0.39 is 0 Å². The van der Waals surface area contributed by atoms with Crippen molar-refractivity contribution in [3.63, 3.8) is 0 Å². The summed E-state index contributed by atoms with van der Waals surface area (Å²) in [5, 5.41) is 3.65. The van der Waals surface area contributed by atoms with E-state index in [0.717, 1.165) is 94.2 Å². The van der Waals surface area contributed by atoms with Gasteiger partial charge in [0, 0.05) is 49.9 Å². The van der Waals surface area contributed by atoms with Crippen LogP contribution in [0.2, 0.25) is 0 Å². The first kappa shape index (κ1) is 38.6. The molecule has 0 saturated carbocycles. The zero-order valence-electron chi connectivity index (χ0n) is 34.8. The lowest BCUT2D eigenvalue weighted by Gasteiger charge is -2.17. The van der Waals surface area contributed by atoms with Crippen LogP contribution in [-0.2, 0) is 6.42 Å². The Morgan fingerprint density at radius 1 is 0.532 bits per heavy atom. The van der Waals surface area contributed by atoms with Gasteiger partial charge in [-0.2, -0.15) is 0 Å². The Kier molecular flexibility index (Phi) is 10.4. The van der Waals surface area contributed by atoms with E-state index >= 15 is 0 Å². The van der Waals surface area contributed by atoms with Crippen molar-refractivity contribution in [2.24, 2.45) is 0 Å². The zero-order chi connectivity index (χ0) is 42.0. The highest BCUT2D eigenvalue weighted by atomic mass is 15.0. The third kappa shape index (κ3) is 7.43. The van der Waals surface area contributed by atoms with Gasteiger partial charge in [0.25, 0.3) is 0 Å². The minimum atomic E-state index is 0.630. The van der Waals surface area contributed by atoms with E-state index in [1.165, 1.54) is 33.1 Å². The number of benzene rings is 6. The van der Waals surface area contributed by atoms with Crippen LogP contribution >= 0.6 is 0 Å². The standard InChI is InChI=1S/C57H47N5/c1-39(40(2)34-36-48-38-45-23-13-15-30-51(45)62(48)47-26-11-6-12-27-47)33-35-41(3)61-52-31-16-14-28-50(52)54-49(29-18-32-53(54)61)44-24-17-25-46(37-44)57-59-55(42-19-7-4-8-20-42)58-56(60-57)43-21-9-5-10-22-43/h4-11,13-26,28-32,37-38H,1-3,12,27,33-36H2. The molecule has 0 atom stereocenters. The van der Waals surface area contributed by atoms with E-state index in [2.05, 4.69) is 144 Å². The number of hydrogen-bond acceptors (Lipinski definition) is 3. The van der Waals surface area contributed by atoms with Gasteiger partial charge in [0.05, 0.1) is 16.6 Å². The van der Waals surface area contributed by atoms with Crippen molar-refractivity contribution in [2.45, 2.75) is 38.5 Å². The number of aromatic nitrogens is 5. The molecule has 62 heavy (non-hydrogen) atoms. The smallest absolute Gasteiger partial charge is 0.164 e. The maximum absolute atomic E-state index is 5.02. The molecule has 5 heteroatoms. The van der Waals surface area contributed by atoms with Gasteiger partial charge in [-0.05, 0) is 86.1 Å². The molecule has 0 aliphatic heterocycles. The predicted octanol–water partition coefficient (Wildman–Crippen LogP) is 14.8. The Hall–Kier alpha value is -7.63. The molecule has 0 bridgehead atoms. The van der Waals surface area contributed by atoms with E-state index in [0.29, 0.717) is 17.5 Å². The number of allylic oxidation sites excluding steroid dienone is 7. The molecule has 0 spiro atoms. The summed E-state index contributed by atoms with van der Waals surface area (Å²) in [6, 6.07) is 55.0. The average Bonchev–Trinajstić information content (AvgIpc) is 3.89. The summed E-state index contributed by atoms with van der Waals surface area (Å²) < 4.78 is 4.79. The lowest BCUT2D eigenvalue weighted by atomic mass is 9.97. The maximum Gasteiger partial charge on any atom is 0.164 e. The summed E-state index contributed by atoms with van der Waals surface area (Å²) in [4.78, 5) is 15.0. The van der Waals surface area contributed by atoms with Crippen LogP contribution in [0.5, 0.6) is 0 Å². The van der Waals surface area contributed by atoms with E-state index in [-0.39, 0.29) is 0 Å². The maximum atomic E-state index is 5.02. The van der Waals surface area contributed by atoms with Gasteiger partial charge in [-0.15, -0.1) is 0 Å². The highest BCUT2D eigenvalue weighted by Gasteiger charge is 2.19.